The molecule has 1 aromatic heterocycles. The van der Waals surface area contributed by atoms with Gasteiger partial charge in [0, 0.05) is 6.07 Å². The Bertz CT molecular complexity index is 535. The van der Waals surface area contributed by atoms with E-state index in [1.807, 2.05) is 0 Å². The van der Waals surface area contributed by atoms with E-state index in [-0.39, 0.29) is 5.78 Å². The number of ether oxygens (including phenoxy) is 1. The Hall–Kier alpha value is -2.36. The summed E-state index contributed by atoms with van der Waals surface area (Å²) in [5, 5.41) is 0. The molecule has 0 unspecified atom stereocenters. The fourth-order valence-corrected chi connectivity index (χ4v) is 1.41. The molecule has 0 saturated carbocycles. The molecule has 86 valence electrons. The molecule has 0 spiro atoms. The number of hydrogen-bond donors (Lipinski definition) is 1. The number of nitrogen functional groups attached to an aromatic ring is 1. The van der Waals surface area contributed by atoms with Gasteiger partial charge in [-0.1, -0.05) is 12.1 Å². The van der Waals surface area contributed by atoms with Crippen molar-refractivity contribution in [2.45, 2.75) is 6.92 Å². The molecule has 0 saturated heterocycles. The molecular weight excluding hydrogens is 216 g/mol. The lowest BCUT2D eigenvalue weighted by Crippen LogP contribution is -1.97. The fourth-order valence-electron chi connectivity index (χ4n) is 1.41. The van der Waals surface area contributed by atoms with Crippen molar-refractivity contribution >= 4 is 11.5 Å². The van der Waals surface area contributed by atoms with Crippen LogP contribution in [0.1, 0.15) is 17.3 Å². The smallest absolute Gasteiger partial charge is 0.219 e. The predicted molar refractivity (Wildman–Crippen MR) is 65.2 cm³/mol. The first-order valence-corrected chi connectivity index (χ1v) is 5.16. The highest BCUT2D eigenvalue weighted by molar-refractivity contribution is 5.96. The van der Waals surface area contributed by atoms with Gasteiger partial charge in [0.25, 0.3) is 0 Å². The summed E-state index contributed by atoms with van der Waals surface area (Å²) in [7, 11) is 0. The van der Waals surface area contributed by atoms with Crippen molar-refractivity contribution < 1.29 is 9.53 Å². The molecule has 0 radical (unpaired) electrons. The van der Waals surface area contributed by atoms with Crippen LogP contribution in [0.5, 0.6) is 11.6 Å². The molecule has 0 atom stereocenters. The van der Waals surface area contributed by atoms with Gasteiger partial charge in [0.05, 0.1) is 17.4 Å². The second-order valence-corrected chi connectivity index (χ2v) is 3.58. The molecular formula is C13H12N2O2. The van der Waals surface area contributed by atoms with Crippen LogP contribution >= 0.6 is 0 Å². The third kappa shape index (κ3) is 2.60. The lowest BCUT2D eigenvalue weighted by atomic mass is 10.1. The second-order valence-electron chi connectivity index (χ2n) is 3.58. The molecule has 4 heteroatoms. The average molecular weight is 228 g/mol. The first kappa shape index (κ1) is 11.1. The molecule has 4 nitrogen and oxygen atoms in total. The van der Waals surface area contributed by atoms with Crippen molar-refractivity contribution in [3.8, 4) is 11.6 Å². The molecule has 2 rings (SSSR count). The van der Waals surface area contributed by atoms with Gasteiger partial charge in [0.15, 0.2) is 5.78 Å². The third-order valence-electron chi connectivity index (χ3n) is 2.24. The van der Waals surface area contributed by atoms with E-state index < -0.39 is 0 Å². The molecule has 17 heavy (non-hydrogen) atoms. The van der Waals surface area contributed by atoms with Gasteiger partial charge in [0.2, 0.25) is 5.88 Å². The van der Waals surface area contributed by atoms with E-state index in [0.29, 0.717) is 22.9 Å². The first-order chi connectivity index (χ1) is 8.16. The van der Waals surface area contributed by atoms with Crippen molar-refractivity contribution in [3.05, 3.63) is 48.2 Å². The number of para-hydroxylation sites is 1. The predicted octanol–water partition coefficient (Wildman–Crippen LogP) is 2.66. The number of nitrogens with zero attached hydrogens (tertiary/aromatic N) is 1. The highest BCUT2D eigenvalue weighted by atomic mass is 16.5. The third-order valence-corrected chi connectivity index (χ3v) is 2.24. The van der Waals surface area contributed by atoms with Crippen LogP contribution in [-0.4, -0.2) is 10.8 Å². The number of carbonyl (C=O) groups excluding carboxylic acids is 1. The molecule has 0 amide bonds. The Morgan fingerprint density at radius 2 is 2.00 bits per heavy atom. The zero-order valence-electron chi connectivity index (χ0n) is 9.38. The van der Waals surface area contributed by atoms with Crippen LogP contribution in [0, 0.1) is 0 Å². The summed E-state index contributed by atoms with van der Waals surface area (Å²) in [6.45, 7) is 1.50. The SMILES string of the molecule is CC(=O)c1ccccc1Oc1ccc(N)cn1. The summed E-state index contributed by atoms with van der Waals surface area (Å²) < 4.78 is 5.54. The Morgan fingerprint density at radius 3 is 2.65 bits per heavy atom. The standard InChI is InChI=1S/C13H12N2O2/c1-9(16)11-4-2-3-5-12(11)17-13-7-6-10(14)8-15-13/h2-8H,14H2,1H3. The summed E-state index contributed by atoms with van der Waals surface area (Å²) in [4.78, 5) is 15.4. The lowest BCUT2D eigenvalue weighted by Gasteiger charge is -2.08. The van der Waals surface area contributed by atoms with E-state index in [2.05, 4.69) is 4.98 Å². The van der Waals surface area contributed by atoms with Crippen LogP contribution in [0.25, 0.3) is 0 Å². The normalized spacial score (nSPS) is 9.94. The molecule has 0 aliphatic carbocycles. The van der Waals surface area contributed by atoms with Gasteiger partial charge < -0.3 is 10.5 Å². The minimum Gasteiger partial charge on any atom is -0.438 e. The van der Waals surface area contributed by atoms with Crippen LogP contribution in [0.15, 0.2) is 42.6 Å². The number of rotatable bonds is 3. The second kappa shape index (κ2) is 4.65. The molecule has 0 bridgehead atoms. The quantitative estimate of drug-likeness (QED) is 0.820. The zero-order chi connectivity index (χ0) is 12.3. The molecule has 1 heterocycles. The minimum atomic E-state index is -0.0453. The van der Waals surface area contributed by atoms with Gasteiger partial charge in [-0.05, 0) is 25.1 Å². The van der Waals surface area contributed by atoms with E-state index in [1.54, 1.807) is 36.4 Å². The van der Waals surface area contributed by atoms with Gasteiger partial charge in [-0.15, -0.1) is 0 Å². The minimum absolute atomic E-state index is 0.0453. The number of aromatic nitrogens is 1. The van der Waals surface area contributed by atoms with Crippen molar-refractivity contribution in [2.24, 2.45) is 0 Å². The van der Waals surface area contributed by atoms with Crippen molar-refractivity contribution in [1.29, 1.82) is 0 Å². The van der Waals surface area contributed by atoms with E-state index >= 15 is 0 Å². The highest BCUT2D eigenvalue weighted by Gasteiger charge is 2.08. The maximum Gasteiger partial charge on any atom is 0.219 e. The Morgan fingerprint density at radius 1 is 1.24 bits per heavy atom. The van der Waals surface area contributed by atoms with Gasteiger partial charge in [-0.2, -0.15) is 0 Å². The van der Waals surface area contributed by atoms with Gasteiger partial charge in [-0.25, -0.2) is 4.98 Å². The maximum atomic E-state index is 11.4. The van der Waals surface area contributed by atoms with Crippen molar-refractivity contribution in [2.75, 3.05) is 5.73 Å². The van der Waals surface area contributed by atoms with Crippen molar-refractivity contribution in [1.82, 2.24) is 4.98 Å². The van der Waals surface area contributed by atoms with E-state index in [0.717, 1.165) is 0 Å². The maximum absolute atomic E-state index is 11.4. The zero-order valence-corrected chi connectivity index (χ0v) is 9.38. The number of anilines is 1. The number of benzene rings is 1. The molecule has 0 aliphatic rings. The average Bonchev–Trinajstić information content (AvgIpc) is 2.32. The van der Waals surface area contributed by atoms with Gasteiger partial charge in [-0.3, -0.25) is 4.79 Å². The van der Waals surface area contributed by atoms with Crippen LogP contribution in [0.3, 0.4) is 0 Å². The number of hydrogen-bond acceptors (Lipinski definition) is 4. The van der Waals surface area contributed by atoms with Crippen molar-refractivity contribution in [3.63, 3.8) is 0 Å². The monoisotopic (exact) mass is 228 g/mol. The van der Waals surface area contributed by atoms with Crippen LogP contribution in [0.4, 0.5) is 5.69 Å². The van der Waals surface area contributed by atoms with Crippen LogP contribution < -0.4 is 10.5 Å². The largest absolute Gasteiger partial charge is 0.438 e. The molecule has 0 fully saturated rings. The summed E-state index contributed by atoms with van der Waals surface area (Å²) >= 11 is 0. The topological polar surface area (TPSA) is 65.2 Å². The number of Topliss-reactive ketones (excluding diaryl/α,β-unsaturated/α-hetero) is 1. The number of nitrogens with two attached hydrogens (primary N) is 1. The molecule has 0 aliphatic heterocycles. The Kier molecular flexibility index (Phi) is 3.05. The Labute approximate surface area is 99.1 Å². The number of ketones is 1. The molecule has 2 aromatic rings. The van der Waals surface area contributed by atoms with E-state index in [1.165, 1.54) is 13.1 Å². The van der Waals surface area contributed by atoms with Crippen LogP contribution in [-0.2, 0) is 0 Å². The molecule has 2 N–H and O–H groups in total. The number of pyridine rings is 1. The van der Waals surface area contributed by atoms with Crippen LogP contribution in [0.2, 0.25) is 0 Å². The summed E-state index contributed by atoms with van der Waals surface area (Å²) in [6, 6.07) is 10.4. The summed E-state index contributed by atoms with van der Waals surface area (Å²) in [6.07, 6.45) is 1.51. The lowest BCUT2D eigenvalue weighted by molar-refractivity contribution is 0.101. The Balaban J connectivity index is 2.30. The molecule has 1 aromatic carbocycles. The number of carbonyl (C=O) groups is 1. The summed E-state index contributed by atoms with van der Waals surface area (Å²) in [5.41, 5.74) is 6.63. The van der Waals surface area contributed by atoms with Gasteiger partial charge in [0.1, 0.15) is 5.75 Å². The highest BCUT2D eigenvalue weighted by Crippen LogP contribution is 2.24. The van der Waals surface area contributed by atoms with E-state index in [9.17, 15) is 4.79 Å². The first-order valence-electron chi connectivity index (χ1n) is 5.16. The fraction of sp³-hybridized carbons (Fsp3) is 0.0769. The summed E-state index contributed by atoms with van der Waals surface area (Å²) in [5.74, 6) is 0.862. The van der Waals surface area contributed by atoms with E-state index in [4.69, 9.17) is 10.5 Å². The van der Waals surface area contributed by atoms with Gasteiger partial charge >= 0.3 is 0 Å².